The molecule has 0 radical (unpaired) electrons. The highest BCUT2D eigenvalue weighted by atomic mass is 19.1. The molecule has 0 spiro atoms. The van der Waals surface area contributed by atoms with Gasteiger partial charge in [0, 0.05) is 23.6 Å². The molecule has 0 saturated heterocycles. The zero-order valence-electron chi connectivity index (χ0n) is 9.11. The van der Waals surface area contributed by atoms with E-state index in [1.807, 2.05) is 18.2 Å². The Morgan fingerprint density at radius 2 is 2.00 bits per heavy atom. The van der Waals surface area contributed by atoms with Gasteiger partial charge in [0.25, 0.3) is 0 Å². The predicted molar refractivity (Wildman–Crippen MR) is 62.7 cm³/mol. The van der Waals surface area contributed by atoms with Gasteiger partial charge in [0.1, 0.15) is 17.3 Å². The van der Waals surface area contributed by atoms with Crippen molar-refractivity contribution in [3.8, 4) is 22.6 Å². The number of hydrogen-bond acceptors (Lipinski definition) is 2. The maximum absolute atomic E-state index is 12.9. The van der Waals surface area contributed by atoms with Gasteiger partial charge in [0.15, 0.2) is 0 Å². The molecule has 2 aromatic rings. The molecule has 0 saturated carbocycles. The van der Waals surface area contributed by atoms with Crippen LogP contribution in [0.2, 0.25) is 0 Å². The molecule has 86 valence electrons. The van der Waals surface area contributed by atoms with Crippen LogP contribution >= 0.6 is 0 Å². The lowest BCUT2D eigenvalue weighted by atomic mass is 10.0. The number of ether oxygens (including phenoxy) is 1. The summed E-state index contributed by atoms with van der Waals surface area (Å²) >= 11 is 0. The summed E-state index contributed by atoms with van der Waals surface area (Å²) in [4.78, 5) is 0. The minimum atomic E-state index is -0.445. The molecular formula is C14H11FO2. The third-order valence-corrected chi connectivity index (χ3v) is 2.96. The SMILES string of the molecule is Oc1cc(F)ccc1-c1cccc2c1OCC2. The van der Waals surface area contributed by atoms with Gasteiger partial charge in [-0.15, -0.1) is 0 Å². The van der Waals surface area contributed by atoms with Crippen LogP contribution in [0.25, 0.3) is 11.1 Å². The van der Waals surface area contributed by atoms with Crippen molar-refractivity contribution in [1.29, 1.82) is 0 Å². The maximum Gasteiger partial charge on any atom is 0.130 e. The Hall–Kier alpha value is -2.03. The van der Waals surface area contributed by atoms with Crippen molar-refractivity contribution in [2.75, 3.05) is 6.61 Å². The van der Waals surface area contributed by atoms with Gasteiger partial charge >= 0.3 is 0 Å². The van der Waals surface area contributed by atoms with Crippen LogP contribution in [0.3, 0.4) is 0 Å². The normalized spacial score (nSPS) is 13.2. The summed E-state index contributed by atoms with van der Waals surface area (Å²) in [6.07, 6.45) is 0.880. The number of hydrogen-bond donors (Lipinski definition) is 1. The third kappa shape index (κ3) is 1.64. The number of para-hydroxylation sites is 1. The van der Waals surface area contributed by atoms with Crippen LogP contribution < -0.4 is 4.74 Å². The van der Waals surface area contributed by atoms with Crippen molar-refractivity contribution in [3.63, 3.8) is 0 Å². The van der Waals surface area contributed by atoms with Crippen LogP contribution in [0.5, 0.6) is 11.5 Å². The highest BCUT2D eigenvalue weighted by Gasteiger charge is 2.18. The van der Waals surface area contributed by atoms with Gasteiger partial charge in [-0.1, -0.05) is 18.2 Å². The molecule has 0 fully saturated rings. The van der Waals surface area contributed by atoms with E-state index >= 15 is 0 Å². The van der Waals surface area contributed by atoms with E-state index in [1.54, 1.807) is 6.07 Å². The lowest BCUT2D eigenvalue weighted by Gasteiger charge is -2.09. The van der Waals surface area contributed by atoms with Gasteiger partial charge in [0.2, 0.25) is 0 Å². The molecule has 2 aromatic carbocycles. The molecule has 2 nitrogen and oxygen atoms in total. The highest BCUT2D eigenvalue weighted by molar-refractivity contribution is 5.77. The Balaban J connectivity index is 2.19. The second kappa shape index (κ2) is 3.77. The predicted octanol–water partition coefficient (Wildman–Crippen LogP) is 3.13. The van der Waals surface area contributed by atoms with Crippen LogP contribution in [0.15, 0.2) is 36.4 Å². The van der Waals surface area contributed by atoms with Crippen molar-refractivity contribution >= 4 is 0 Å². The minimum absolute atomic E-state index is 0.0612. The molecule has 17 heavy (non-hydrogen) atoms. The van der Waals surface area contributed by atoms with Crippen LogP contribution in [0.1, 0.15) is 5.56 Å². The van der Waals surface area contributed by atoms with E-state index in [4.69, 9.17) is 4.74 Å². The minimum Gasteiger partial charge on any atom is -0.507 e. The van der Waals surface area contributed by atoms with Crippen molar-refractivity contribution in [3.05, 3.63) is 47.8 Å². The summed E-state index contributed by atoms with van der Waals surface area (Å²) in [6.45, 7) is 0.661. The monoisotopic (exact) mass is 230 g/mol. The number of fused-ring (bicyclic) bond motifs is 1. The summed E-state index contributed by atoms with van der Waals surface area (Å²) in [5.74, 6) is 0.294. The largest absolute Gasteiger partial charge is 0.507 e. The third-order valence-electron chi connectivity index (χ3n) is 2.96. The zero-order valence-corrected chi connectivity index (χ0v) is 9.11. The van der Waals surface area contributed by atoms with E-state index in [0.717, 1.165) is 29.4 Å². The summed E-state index contributed by atoms with van der Waals surface area (Å²) in [7, 11) is 0. The van der Waals surface area contributed by atoms with Crippen molar-refractivity contribution < 1.29 is 14.2 Å². The molecule has 0 aromatic heterocycles. The summed E-state index contributed by atoms with van der Waals surface area (Å²) < 4.78 is 18.5. The van der Waals surface area contributed by atoms with Crippen LogP contribution in [-0.2, 0) is 6.42 Å². The van der Waals surface area contributed by atoms with E-state index < -0.39 is 5.82 Å². The Labute approximate surface area is 98.3 Å². The van der Waals surface area contributed by atoms with Gasteiger partial charge in [-0.25, -0.2) is 4.39 Å². The first-order valence-electron chi connectivity index (χ1n) is 5.49. The average Bonchev–Trinajstić information content (AvgIpc) is 2.77. The lowest BCUT2D eigenvalue weighted by molar-refractivity contribution is 0.357. The first kappa shape index (κ1) is 10.1. The van der Waals surface area contributed by atoms with E-state index in [9.17, 15) is 9.50 Å². The second-order valence-corrected chi connectivity index (χ2v) is 4.05. The number of aromatic hydroxyl groups is 1. The van der Waals surface area contributed by atoms with Crippen molar-refractivity contribution in [2.24, 2.45) is 0 Å². The van der Waals surface area contributed by atoms with Crippen molar-refractivity contribution in [2.45, 2.75) is 6.42 Å². The smallest absolute Gasteiger partial charge is 0.130 e. The number of halogens is 1. The van der Waals surface area contributed by atoms with Gasteiger partial charge in [-0.05, 0) is 17.7 Å². The summed E-state index contributed by atoms with van der Waals surface area (Å²) in [5.41, 5.74) is 2.55. The molecular weight excluding hydrogens is 219 g/mol. The summed E-state index contributed by atoms with van der Waals surface area (Å²) in [6, 6.07) is 9.82. The topological polar surface area (TPSA) is 29.5 Å². The number of benzene rings is 2. The fourth-order valence-corrected chi connectivity index (χ4v) is 2.16. The lowest BCUT2D eigenvalue weighted by Crippen LogP contribution is -1.89. The van der Waals surface area contributed by atoms with Gasteiger partial charge in [0.05, 0.1) is 6.61 Å². The van der Waals surface area contributed by atoms with Crippen molar-refractivity contribution in [1.82, 2.24) is 0 Å². The first-order chi connectivity index (χ1) is 8.25. The zero-order chi connectivity index (χ0) is 11.8. The first-order valence-corrected chi connectivity index (χ1v) is 5.49. The highest BCUT2D eigenvalue weighted by Crippen LogP contribution is 2.40. The molecule has 0 bridgehead atoms. The fourth-order valence-electron chi connectivity index (χ4n) is 2.16. The fraction of sp³-hybridized carbons (Fsp3) is 0.143. The standard InChI is InChI=1S/C14H11FO2/c15-10-4-5-11(13(16)8-10)12-3-1-2-9-6-7-17-14(9)12/h1-5,8,16H,6-7H2. The summed E-state index contributed by atoms with van der Waals surface area (Å²) in [5, 5.41) is 9.78. The molecule has 1 aliphatic heterocycles. The molecule has 0 unspecified atom stereocenters. The Morgan fingerprint density at radius 1 is 1.12 bits per heavy atom. The van der Waals surface area contributed by atoms with Crippen LogP contribution in [0.4, 0.5) is 4.39 Å². The van der Waals surface area contributed by atoms with E-state index in [-0.39, 0.29) is 5.75 Å². The average molecular weight is 230 g/mol. The Bertz CT molecular complexity index is 578. The molecule has 1 aliphatic rings. The molecule has 0 atom stereocenters. The van der Waals surface area contributed by atoms with E-state index in [0.29, 0.717) is 12.2 Å². The number of phenols is 1. The quantitative estimate of drug-likeness (QED) is 0.815. The maximum atomic E-state index is 12.9. The molecule has 0 amide bonds. The Kier molecular flexibility index (Phi) is 2.25. The number of rotatable bonds is 1. The van der Waals surface area contributed by atoms with Gasteiger partial charge in [-0.2, -0.15) is 0 Å². The van der Waals surface area contributed by atoms with Gasteiger partial charge in [-0.3, -0.25) is 0 Å². The molecule has 3 rings (SSSR count). The van der Waals surface area contributed by atoms with E-state index in [1.165, 1.54) is 6.07 Å². The second-order valence-electron chi connectivity index (χ2n) is 4.05. The molecule has 1 heterocycles. The van der Waals surface area contributed by atoms with Crippen LogP contribution in [0, 0.1) is 5.82 Å². The molecule has 0 aliphatic carbocycles. The Morgan fingerprint density at radius 3 is 2.82 bits per heavy atom. The molecule has 1 N–H and O–H groups in total. The van der Waals surface area contributed by atoms with E-state index in [2.05, 4.69) is 0 Å². The van der Waals surface area contributed by atoms with Crippen LogP contribution in [-0.4, -0.2) is 11.7 Å². The van der Waals surface area contributed by atoms with Gasteiger partial charge < -0.3 is 9.84 Å². The molecule has 3 heteroatoms. The number of phenolic OH excluding ortho intramolecular Hbond substituents is 1.